The van der Waals surface area contributed by atoms with E-state index in [1.807, 2.05) is 0 Å². The van der Waals surface area contributed by atoms with Gasteiger partial charge in [-0.15, -0.1) is 0 Å². The van der Waals surface area contributed by atoms with Gasteiger partial charge in [-0.1, -0.05) is 54.6 Å². The zero-order valence-electron chi connectivity index (χ0n) is 16.6. The molecular formula is C26H25N3. The monoisotopic (exact) mass is 379 g/mol. The van der Waals surface area contributed by atoms with E-state index in [4.69, 9.17) is 0 Å². The Morgan fingerprint density at radius 3 is 1.90 bits per heavy atom. The van der Waals surface area contributed by atoms with Gasteiger partial charge >= 0.3 is 0 Å². The van der Waals surface area contributed by atoms with Crippen molar-refractivity contribution < 1.29 is 0 Å². The van der Waals surface area contributed by atoms with E-state index in [1.54, 1.807) is 0 Å². The lowest BCUT2D eigenvalue weighted by atomic mass is 9.85. The Balaban J connectivity index is 1.68. The van der Waals surface area contributed by atoms with E-state index in [2.05, 4.69) is 107 Å². The van der Waals surface area contributed by atoms with Gasteiger partial charge in [0.2, 0.25) is 0 Å². The molecule has 3 nitrogen and oxygen atoms in total. The second-order valence-electron chi connectivity index (χ2n) is 7.52. The molecule has 0 saturated carbocycles. The van der Waals surface area contributed by atoms with Crippen molar-refractivity contribution >= 4 is 27.5 Å². The summed E-state index contributed by atoms with van der Waals surface area (Å²) in [6.07, 6.45) is 5.31. The largest absolute Gasteiger partial charge is 0.385 e. The van der Waals surface area contributed by atoms with Gasteiger partial charge < -0.3 is 15.3 Å². The second kappa shape index (κ2) is 7.51. The number of nitrogens with one attached hydrogen (secondary N) is 3. The third-order valence-corrected chi connectivity index (χ3v) is 5.80. The Bertz CT molecular complexity index is 1190. The van der Waals surface area contributed by atoms with Crippen molar-refractivity contribution in [1.29, 1.82) is 0 Å². The van der Waals surface area contributed by atoms with E-state index in [-0.39, 0.29) is 5.92 Å². The summed E-state index contributed by atoms with van der Waals surface area (Å²) in [6.45, 7) is 3.06. The molecule has 3 heteroatoms. The van der Waals surface area contributed by atoms with Crippen LogP contribution in [0.4, 0.5) is 5.69 Å². The molecule has 0 unspecified atom stereocenters. The maximum atomic E-state index is 3.53. The number of aromatic nitrogens is 2. The van der Waals surface area contributed by atoms with Crippen LogP contribution in [0.2, 0.25) is 0 Å². The third-order valence-electron chi connectivity index (χ3n) is 5.80. The zero-order chi connectivity index (χ0) is 19.6. The Morgan fingerprint density at radius 1 is 0.724 bits per heavy atom. The molecule has 2 aromatic heterocycles. The van der Waals surface area contributed by atoms with Gasteiger partial charge in [-0.25, -0.2) is 0 Å². The van der Waals surface area contributed by atoms with E-state index in [9.17, 15) is 0 Å². The fourth-order valence-corrected chi connectivity index (χ4v) is 4.43. The van der Waals surface area contributed by atoms with Crippen LogP contribution >= 0.6 is 0 Å². The molecule has 2 heterocycles. The van der Waals surface area contributed by atoms with Crippen LogP contribution in [0.5, 0.6) is 0 Å². The number of rotatable bonds is 6. The first-order chi connectivity index (χ1) is 14.3. The normalized spacial score (nSPS) is 11.5. The first-order valence-electron chi connectivity index (χ1n) is 10.3. The van der Waals surface area contributed by atoms with Gasteiger partial charge in [0.15, 0.2) is 0 Å². The molecule has 0 aliphatic carbocycles. The summed E-state index contributed by atoms with van der Waals surface area (Å²) in [6, 6.07) is 25.8. The predicted octanol–water partition coefficient (Wildman–Crippen LogP) is 6.46. The average Bonchev–Trinajstić information content (AvgIpc) is 3.38. The molecule has 0 radical (unpaired) electrons. The van der Waals surface area contributed by atoms with E-state index < -0.39 is 0 Å². The molecule has 0 aliphatic heterocycles. The Kier molecular flexibility index (Phi) is 4.57. The number of benzene rings is 3. The summed E-state index contributed by atoms with van der Waals surface area (Å²) in [5.74, 6) is 0.252. The van der Waals surface area contributed by atoms with Crippen molar-refractivity contribution in [3.63, 3.8) is 0 Å². The Morgan fingerprint density at radius 2 is 1.28 bits per heavy atom. The van der Waals surface area contributed by atoms with Crippen molar-refractivity contribution in [1.82, 2.24) is 9.97 Å². The SMILES string of the molecule is CCNc1ccccc1CC(c1c[nH]c2ccccc12)c1c[nH]c2ccccc12. The number of aromatic amines is 2. The summed E-state index contributed by atoms with van der Waals surface area (Å²) in [4.78, 5) is 6.96. The molecule has 29 heavy (non-hydrogen) atoms. The number of hydrogen-bond acceptors (Lipinski definition) is 1. The predicted molar refractivity (Wildman–Crippen MR) is 123 cm³/mol. The maximum absolute atomic E-state index is 3.53. The van der Waals surface area contributed by atoms with Crippen LogP contribution in [0.25, 0.3) is 21.8 Å². The van der Waals surface area contributed by atoms with Gasteiger partial charge in [0.1, 0.15) is 0 Å². The summed E-state index contributed by atoms with van der Waals surface area (Å²) in [5, 5.41) is 6.12. The minimum atomic E-state index is 0.252. The zero-order valence-corrected chi connectivity index (χ0v) is 16.6. The topological polar surface area (TPSA) is 43.6 Å². The highest BCUT2D eigenvalue weighted by molar-refractivity contribution is 5.88. The first-order valence-corrected chi connectivity index (χ1v) is 10.3. The van der Waals surface area contributed by atoms with Crippen molar-refractivity contribution in [2.24, 2.45) is 0 Å². The van der Waals surface area contributed by atoms with Crippen molar-refractivity contribution in [2.75, 3.05) is 11.9 Å². The fraction of sp³-hybridized carbons (Fsp3) is 0.154. The Hall–Kier alpha value is -3.46. The molecule has 0 amide bonds. The molecule has 0 aliphatic rings. The van der Waals surface area contributed by atoms with Gasteiger partial charge in [-0.2, -0.15) is 0 Å². The molecular weight excluding hydrogens is 354 g/mol. The van der Waals surface area contributed by atoms with Crippen LogP contribution in [0.3, 0.4) is 0 Å². The van der Waals surface area contributed by atoms with Crippen molar-refractivity contribution in [3.8, 4) is 0 Å². The van der Waals surface area contributed by atoms with Gasteiger partial charge in [-0.3, -0.25) is 0 Å². The van der Waals surface area contributed by atoms with Gasteiger partial charge in [0.25, 0.3) is 0 Å². The number of anilines is 1. The Labute approximate surface area is 170 Å². The molecule has 0 bridgehead atoms. The highest BCUT2D eigenvalue weighted by Crippen LogP contribution is 2.38. The molecule has 5 aromatic rings. The number of hydrogen-bond donors (Lipinski definition) is 3. The van der Waals surface area contributed by atoms with Crippen LogP contribution in [-0.2, 0) is 6.42 Å². The lowest BCUT2D eigenvalue weighted by molar-refractivity contribution is 0.818. The quantitative estimate of drug-likeness (QED) is 0.312. The number of para-hydroxylation sites is 3. The molecule has 0 spiro atoms. The van der Waals surface area contributed by atoms with E-state index in [0.29, 0.717) is 0 Å². The molecule has 0 saturated heterocycles. The van der Waals surface area contributed by atoms with Crippen LogP contribution in [0.1, 0.15) is 29.5 Å². The standard InChI is InChI=1S/C26H25N3/c1-2-27-24-12-6-3-9-18(24)15-21(22-16-28-25-13-7-4-10-19(22)25)23-17-29-26-14-8-5-11-20(23)26/h3-14,16-17,21,27-29H,2,15H2,1H3. The second-order valence-corrected chi connectivity index (χ2v) is 7.52. The molecule has 0 fully saturated rings. The summed E-state index contributed by atoms with van der Waals surface area (Å²) >= 11 is 0. The lowest BCUT2D eigenvalue weighted by Crippen LogP contribution is -2.07. The van der Waals surface area contributed by atoms with Gasteiger partial charge in [0.05, 0.1) is 0 Å². The number of fused-ring (bicyclic) bond motifs is 2. The highest BCUT2D eigenvalue weighted by atomic mass is 14.9. The third kappa shape index (κ3) is 3.19. The van der Waals surface area contributed by atoms with Crippen LogP contribution in [0, 0.1) is 0 Å². The molecule has 5 rings (SSSR count). The lowest BCUT2D eigenvalue weighted by Gasteiger charge is -2.19. The van der Waals surface area contributed by atoms with E-state index >= 15 is 0 Å². The summed E-state index contributed by atoms with van der Waals surface area (Å²) < 4.78 is 0. The first kappa shape index (κ1) is 17.6. The summed E-state index contributed by atoms with van der Waals surface area (Å²) in [5.41, 5.74) is 7.63. The fourth-order valence-electron chi connectivity index (χ4n) is 4.43. The molecule has 0 atom stereocenters. The minimum Gasteiger partial charge on any atom is -0.385 e. The van der Waals surface area contributed by atoms with E-state index in [1.165, 1.54) is 44.2 Å². The highest BCUT2D eigenvalue weighted by Gasteiger charge is 2.22. The van der Waals surface area contributed by atoms with Crippen molar-refractivity contribution in [2.45, 2.75) is 19.3 Å². The molecule has 3 aromatic carbocycles. The average molecular weight is 380 g/mol. The van der Waals surface area contributed by atoms with Crippen LogP contribution in [-0.4, -0.2) is 16.5 Å². The minimum absolute atomic E-state index is 0.252. The van der Waals surface area contributed by atoms with Crippen molar-refractivity contribution in [3.05, 3.63) is 102 Å². The summed E-state index contributed by atoms with van der Waals surface area (Å²) in [7, 11) is 0. The number of H-pyrrole nitrogens is 2. The molecule has 3 N–H and O–H groups in total. The van der Waals surface area contributed by atoms with Crippen LogP contribution < -0.4 is 5.32 Å². The molecule has 144 valence electrons. The smallest absolute Gasteiger partial charge is 0.0457 e. The maximum Gasteiger partial charge on any atom is 0.0457 e. The van der Waals surface area contributed by atoms with Gasteiger partial charge in [-0.05, 0) is 48.2 Å². The van der Waals surface area contributed by atoms with Crippen LogP contribution in [0.15, 0.2) is 85.2 Å². The van der Waals surface area contributed by atoms with E-state index in [0.717, 1.165) is 13.0 Å². The van der Waals surface area contributed by atoms with Gasteiger partial charge in [0, 0.05) is 52.3 Å².